The van der Waals surface area contributed by atoms with Crippen molar-refractivity contribution in [1.29, 1.82) is 0 Å². The third-order valence-electron chi connectivity index (χ3n) is 3.65. The second-order valence-corrected chi connectivity index (χ2v) is 7.22. The molecular formula is C19H20BrNO5S. The maximum absolute atomic E-state index is 12.3. The number of amides is 1. The van der Waals surface area contributed by atoms with Gasteiger partial charge < -0.3 is 19.5 Å². The van der Waals surface area contributed by atoms with Gasteiger partial charge in [-0.05, 0) is 11.6 Å². The number of nitrogens with one attached hydrogen (secondary N) is 1. The van der Waals surface area contributed by atoms with Crippen molar-refractivity contribution in [1.82, 2.24) is 0 Å². The Hall–Kier alpha value is -2.19. The average Bonchev–Trinajstić information content (AvgIpc) is 2.68. The normalized spacial score (nSPS) is 10.2. The quantitative estimate of drug-likeness (QED) is 0.605. The van der Waals surface area contributed by atoms with Crippen LogP contribution < -0.4 is 14.8 Å². The molecule has 0 saturated carbocycles. The summed E-state index contributed by atoms with van der Waals surface area (Å²) in [5.74, 6) is 0.887. The van der Waals surface area contributed by atoms with E-state index in [-0.39, 0.29) is 17.2 Å². The second kappa shape index (κ2) is 10.2. The molecule has 1 amide bonds. The van der Waals surface area contributed by atoms with Gasteiger partial charge in [0, 0.05) is 22.4 Å². The number of thioether (sulfide) groups is 1. The summed E-state index contributed by atoms with van der Waals surface area (Å²) in [6.45, 7) is 0. The number of halogens is 1. The monoisotopic (exact) mass is 453 g/mol. The number of ether oxygens (including phenoxy) is 3. The minimum atomic E-state index is -0.577. The van der Waals surface area contributed by atoms with E-state index in [1.54, 1.807) is 6.07 Å². The molecule has 0 saturated heterocycles. The maximum Gasteiger partial charge on any atom is 0.340 e. The Kier molecular flexibility index (Phi) is 7.99. The molecule has 2 aromatic carbocycles. The average molecular weight is 454 g/mol. The first-order chi connectivity index (χ1) is 13.0. The van der Waals surface area contributed by atoms with E-state index >= 15 is 0 Å². The molecule has 0 aliphatic rings. The highest BCUT2D eigenvalue weighted by atomic mass is 79.9. The summed E-state index contributed by atoms with van der Waals surface area (Å²) in [5.41, 5.74) is 1.61. The zero-order valence-electron chi connectivity index (χ0n) is 15.2. The van der Waals surface area contributed by atoms with E-state index in [9.17, 15) is 9.59 Å². The SMILES string of the molecule is COC(=O)c1cc(OC)c(OC)cc1NC(=O)CSCc1ccccc1Br. The lowest BCUT2D eigenvalue weighted by molar-refractivity contribution is -0.113. The van der Waals surface area contributed by atoms with Crippen molar-refractivity contribution in [3.05, 3.63) is 52.0 Å². The first kappa shape index (κ1) is 21.1. The van der Waals surface area contributed by atoms with Crippen LogP contribution in [0.1, 0.15) is 15.9 Å². The van der Waals surface area contributed by atoms with Gasteiger partial charge in [-0.3, -0.25) is 4.79 Å². The molecule has 1 N–H and O–H groups in total. The molecule has 0 bridgehead atoms. The number of hydrogen-bond acceptors (Lipinski definition) is 6. The zero-order chi connectivity index (χ0) is 19.8. The molecule has 0 radical (unpaired) electrons. The van der Waals surface area contributed by atoms with Crippen molar-refractivity contribution in [3.8, 4) is 11.5 Å². The highest BCUT2D eigenvalue weighted by Crippen LogP contribution is 2.34. The number of benzene rings is 2. The van der Waals surface area contributed by atoms with Gasteiger partial charge in [-0.25, -0.2) is 4.79 Å². The van der Waals surface area contributed by atoms with E-state index in [1.807, 2.05) is 24.3 Å². The van der Waals surface area contributed by atoms with Crippen LogP contribution in [0.5, 0.6) is 11.5 Å². The number of hydrogen-bond donors (Lipinski definition) is 1. The lowest BCUT2D eigenvalue weighted by atomic mass is 10.1. The predicted molar refractivity (Wildman–Crippen MR) is 110 cm³/mol. The van der Waals surface area contributed by atoms with Crippen LogP contribution in [0.3, 0.4) is 0 Å². The molecule has 0 aliphatic heterocycles. The van der Waals surface area contributed by atoms with E-state index in [1.165, 1.54) is 39.2 Å². The van der Waals surface area contributed by atoms with Crippen molar-refractivity contribution in [2.45, 2.75) is 5.75 Å². The Morgan fingerprint density at radius 2 is 1.74 bits per heavy atom. The standard InChI is InChI=1S/C19H20BrNO5S/c1-24-16-8-13(19(23)26-3)15(9-17(16)25-2)21-18(22)11-27-10-12-6-4-5-7-14(12)20/h4-9H,10-11H2,1-3H3,(H,21,22). The van der Waals surface area contributed by atoms with Crippen molar-refractivity contribution in [3.63, 3.8) is 0 Å². The summed E-state index contributed by atoms with van der Waals surface area (Å²) >= 11 is 4.96. The zero-order valence-corrected chi connectivity index (χ0v) is 17.6. The van der Waals surface area contributed by atoms with Gasteiger partial charge in [-0.1, -0.05) is 34.1 Å². The second-order valence-electron chi connectivity index (χ2n) is 5.38. The maximum atomic E-state index is 12.3. The van der Waals surface area contributed by atoms with Crippen LogP contribution in [0.25, 0.3) is 0 Å². The first-order valence-corrected chi connectivity index (χ1v) is 9.90. The molecular weight excluding hydrogens is 434 g/mol. The van der Waals surface area contributed by atoms with E-state index in [0.29, 0.717) is 22.9 Å². The van der Waals surface area contributed by atoms with Crippen LogP contribution in [-0.4, -0.2) is 39.0 Å². The Balaban J connectivity index is 2.09. The van der Waals surface area contributed by atoms with Crippen LogP contribution in [0.15, 0.2) is 40.9 Å². The summed E-state index contributed by atoms with van der Waals surface area (Å²) in [7, 11) is 4.22. The molecule has 0 aromatic heterocycles. The Morgan fingerprint density at radius 1 is 1.07 bits per heavy atom. The first-order valence-electron chi connectivity index (χ1n) is 7.95. The molecule has 0 unspecified atom stereocenters. The molecule has 0 aliphatic carbocycles. The highest BCUT2D eigenvalue weighted by molar-refractivity contribution is 9.10. The molecule has 144 valence electrons. The third-order valence-corrected chi connectivity index (χ3v) is 5.41. The molecule has 8 heteroatoms. The number of methoxy groups -OCH3 is 3. The Morgan fingerprint density at radius 3 is 2.37 bits per heavy atom. The number of anilines is 1. The number of esters is 1. The molecule has 0 spiro atoms. The minimum Gasteiger partial charge on any atom is -0.493 e. The van der Waals surface area contributed by atoms with Crippen molar-refractivity contribution >= 4 is 45.3 Å². The Labute approximate surface area is 170 Å². The van der Waals surface area contributed by atoms with Gasteiger partial charge in [0.15, 0.2) is 11.5 Å². The predicted octanol–water partition coefficient (Wildman–Crippen LogP) is 4.12. The molecule has 0 atom stereocenters. The van der Waals surface area contributed by atoms with Crippen molar-refractivity contribution in [2.75, 3.05) is 32.4 Å². The number of rotatable bonds is 8. The van der Waals surface area contributed by atoms with Crippen LogP contribution in [0, 0.1) is 0 Å². The van der Waals surface area contributed by atoms with Gasteiger partial charge in [0.05, 0.1) is 38.3 Å². The lowest BCUT2D eigenvalue weighted by Gasteiger charge is -2.14. The fraction of sp³-hybridized carbons (Fsp3) is 0.263. The molecule has 6 nitrogen and oxygen atoms in total. The molecule has 2 rings (SSSR count). The van der Waals surface area contributed by atoms with Gasteiger partial charge in [0.2, 0.25) is 5.91 Å². The van der Waals surface area contributed by atoms with Gasteiger partial charge in [0.1, 0.15) is 0 Å². The molecule has 0 heterocycles. The van der Waals surface area contributed by atoms with Crippen LogP contribution in [0.2, 0.25) is 0 Å². The molecule has 27 heavy (non-hydrogen) atoms. The third kappa shape index (κ3) is 5.64. The summed E-state index contributed by atoms with van der Waals surface area (Å²) in [6.07, 6.45) is 0. The van der Waals surface area contributed by atoms with Crippen LogP contribution in [-0.2, 0) is 15.3 Å². The van der Waals surface area contributed by atoms with E-state index in [0.717, 1.165) is 10.0 Å². The van der Waals surface area contributed by atoms with Crippen LogP contribution >= 0.6 is 27.7 Å². The molecule has 0 fully saturated rings. The largest absolute Gasteiger partial charge is 0.493 e. The fourth-order valence-electron chi connectivity index (χ4n) is 2.32. The van der Waals surface area contributed by atoms with Crippen LogP contribution in [0.4, 0.5) is 5.69 Å². The van der Waals surface area contributed by atoms with E-state index < -0.39 is 5.97 Å². The lowest BCUT2D eigenvalue weighted by Crippen LogP contribution is -2.17. The van der Waals surface area contributed by atoms with Crippen molar-refractivity contribution < 1.29 is 23.8 Å². The summed E-state index contributed by atoms with van der Waals surface area (Å²) in [6, 6.07) is 10.9. The Bertz CT molecular complexity index is 828. The highest BCUT2D eigenvalue weighted by Gasteiger charge is 2.19. The fourth-order valence-corrected chi connectivity index (χ4v) is 3.76. The van der Waals surface area contributed by atoms with Gasteiger partial charge >= 0.3 is 5.97 Å². The van der Waals surface area contributed by atoms with E-state index in [4.69, 9.17) is 14.2 Å². The topological polar surface area (TPSA) is 73.9 Å². The van der Waals surface area contributed by atoms with E-state index in [2.05, 4.69) is 21.2 Å². The van der Waals surface area contributed by atoms with Gasteiger partial charge in [-0.15, -0.1) is 11.8 Å². The van der Waals surface area contributed by atoms with Gasteiger partial charge in [0.25, 0.3) is 0 Å². The summed E-state index contributed by atoms with van der Waals surface area (Å²) in [5, 5.41) is 2.74. The van der Waals surface area contributed by atoms with Crippen molar-refractivity contribution in [2.24, 2.45) is 0 Å². The molecule has 2 aromatic rings. The minimum absolute atomic E-state index is 0.194. The number of carbonyl (C=O) groups excluding carboxylic acids is 2. The summed E-state index contributed by atoms with van der Waals surface area (Å²) in [4.78, 5) is 24.4. The van der Waals surface area contributed by atoms with Gasteiger partial charge in [-0.2, -0.15) is 0 Å². The number of carbonyl (C=O) groups is 2. The smallest absolute Gasteiger partial charge is 0.340 e. The summed E-state index contributed by atoms with van der Waals surface area (Å²) < 4.78 is 16.2.